The summed E-state index contributed by atoms with van der Waals surface area (Å²) < 4.78 is 1.60. The molecule has 0 atom stereocenters. The van der Waals surface area contributed by atoms with E-state index < -0.39 is 0 Å². The van der Waals surface area contributed by atoms with Crippen LogP contribution in [0, 0.1) is 6.92 Å². The minimum atomic E-state index is -0.0716. The molecule has 1 fully saturated rings. The van der Waals surface area contributed by atoms with E-state index in [9.17, 15) is 4.79 Å². The molecule has 0 aliphatic carbocycles. The van der Waals surface area contributed by atoms with Crippen molar-refractivity contribution in [3.05, 3.63) is 64.6 Å². The molecule has 28 heavy (non-hydrogen) atoms. The number of hydrogen-bond donors (Lipinski definition) is 2. The van der Waals surface area contributed by atoms with Gasteiger partial charge in [-0.15, -0.1) is 0 Å². The first-order valence-electron chi connectivity index (χ1n) is 9.77. The van der Waals surface area contributed by atoms with Gasteiger partial charge in [0.05, 0.1) is 27.8 Å². The average molecular weight is 373 g/mol. The van der Waals surface area contributed by atoms with Crippen molar-refractivity contribution in [2.24, 2.45) is 0 Å². The van der Waals surface area contributed by atoms with Crippen LogP contribution in [0.5, 0.6) is 0 Å². The summed E-state index contributed by atoms with van der Waals surface area (Å²) in [6, 6.07) is 14.0. The third kappa shape index (κ3) is 2.77. The normalized spacial score (nSPS) is 15.2. The van der Waals surface area contributed by atoms with E-state index in [4.69, 9.17) is 4.98 Å². The van der Waals surface area contributed by atoms with Crippen molar-refractivity contribution < 1.29 is 0 Å². The summed E-state index contributed by atoms with van der Waals surface area (Å²) in [4.78, 5) is 20.1. The zero-order chi connectivity index (χ0) is 19.1. The summed E-state index contributed by atoms with van der Waals surface area (Å²) in [7, 11) is 0. The lowest BCUT2D eigenvalue weighted by Gasteiger charge is -2.24. The van der Waals surface area contributed by atoms with Crippen LogP contribution in [-0.4, -0.2) is 40.9 Å². The highest BCUT2D eigenvalue weighted by Crippen LogP contribution is 2.31. The maximum absolute atomic E-state index is 13.0. The molecule has 2 aromatic heterocycles. The van der Waals surface area contributed by atoms with Crippen molar-refractivity contribution in [1.82, 2.24) is 20.1 Å². The summed E-state index contributed by atoms with van der Waals surface area (Å²) >= 11 is 0. The minimum absolute atomic E-state index is 0.0716. The Morgan fingerprint density at radius 2 is 1.89 bits per heavy atom. The molecule has 0 amide bonds. The van der Waals surface area contributed by atoms with Crippen LogP contribution in [0.25, 0.3) is 27.5 Å². The summed E-state index contributed by atoms with van der Waals surface area (Å²) in [5, 5.41) is 8.39. The molecule has 0 saturated carbocycles. The lowest BCUT2D eigenvalue weighted by atomic mass is 10.1. The molecule has 1 aliphatic heterocycles. The highest BCUT2D eigenvalue weighted by Gasteiger charge is 2.18. The number of fused-ring (bicyclic) bond motifs is 3. The fourth-order valence-electron chi connectivity index (χ4n) is 4.08. The molecule has 3 heterocycles. The minimum Gasteiger partial charge on any atom is -0.368 e. The van der Waals surface area contributed by atoms with Crippen molar-refractivity contribution in [1.29, 1.82) is 0 Å². The van der Waals surface area contributed by atoms with Gasteiger partial charge in [-0.1, -0.05) is 18.2 Å². The number of aryl methyl sites for hydroxylation is 1. The van der Waals surface area contributed by atoms with Gasteiger partial charge in [-0.05, 0) is 49.7 Å². The van der Waals surface area contributed by atoms with E-state index in [1.54, 1.807) is 10.9 Å². The summed E-state index contributed by atoms with van der Waals surface area (Å²) in [6.07, 6.45) is 2.82. The summed E-state index contributed by atoms with van der Waals surface area (Å²) in [5.41, 5.74) is 4.86. The number of anilines is 1. The molecule has 2 aromatic carbocycles. The maximum atomic E-state index is 13.0. The molecular formula is C22H23N5O. The summed E-state index contributed by atoms with van der Waals surface area (Å²) in [6.45, 7) is 6.08. The van der Waals surface area contributed by atoms with Crippen LogP contribution in [0.2, 0.25) is 0 Å². The smallest absolute Gasteiger partial charge is 0.280 e. The number of pyridine rings is 1. The first-order valence-corrected chi connectivity index (χ1v) is 9.77. The molecule has 0 bridgehead atoms. The standard InChI is InChI=1S/C22H23N5O/c1-15-12-17-20-18(22(28)27(25-20)16-6-3-2-4-7-16)14-24-21(17)19(13-15)26-10-5-8-23-9-11-26/h2-4,6-7,12-14,23,25H,5,8-11H2,1H3. The second-order valence-corrected chi connectivity index (χ2v) is 7.41. The molecule has 0 unspecified atom stereocenters. The van der Waals surface area contributed by atoms with Crippen LogP contribution in [0.3, 0.4) is 0 Å². The third-order valence-electron chi connectivity index (χ3n) is 5.45. The van der Waals surface area contributed by atoms with E-state index >= 15 is 0 Å². The van der Waals surface area contributed by atoms with E-state index in [0.717, 1.165) is 60.4 Å². The second-order valence-electron chi connectivity index (χ2n) is 7.41. The molecule has 4 aromatic rings. The van der Waals surface area contributed by atoms with E-state index in [0.29, 0.717) is 5.39 Å². The van der Waals surface area contributed by atoms with Crippen molar-refractivity contribution in [3.8, 4) is 5.69 Å². The first kappa shape index (κ1) is 17.0. The summed E-state index contributed by atoms with van der Waals surface area (Å²) in [5.74, 6) is 0. The number of aromatic nitrogens is 3. The molecule has 6 nitrogen and oxygen atoms in total. The maximum Gasteiger partial charge on any atom is 0.280 e. The van der Waals surface area contributed by atoms with Gasteiger partial charge < -0.3 is 10.2 Å². The predicted molar refractivity (Wildman–Crippen MR) is 114 cm³/mol. The molecule has 5 rings (SSSR count). The SMILES string of the molecule is Cc1cc(N2CCCNCC2)c2ncc3c(=O)n(-c4ccccc4)[nH]c3c2c1. The number of nitrogens with one attached hydrogen (secondary N) is 2. The predicted octanol–water partition coefficient (Wildman–Crippen LogP) is 2.98. The number of H-pyrrole nitrogens is 1. The largest absolute Gasteiger partial charge is 0.368 e. The van der Waals surface area contributed by atoms with Gasteiger partial charge in [0.1, 0.15) is 0 Å². The molecular weight excluding hydrogens is 350 g/mol. The molecule has 0 spiro atoms. The zero-order valence-electron chi connectivity index (χ0n) is 15.9. The first-order chi connectivity index (χ1) is 13.7. The molecule has 1 aliphatic rings. The van der Waals surface area contributed by atoms with Gasteiger partial charge in [0.25, 0.3) is 5.56 Å². The molecule has 2 N–H and O–H groups in total. The molecule has 6 heteroatoms. The average Bonchev–Trinajstić information content (AvgIpc) is 2.89. The van der Waals surface area contributed by atoms with E-state index in [1.165, 1.54) is 5.56 Å². The Bertz CT molecular complexity index is 1200. The quantitative estimate of drug-likeness (QED) is 0.567. The molecule has 1 saturated heterocycles. The van der Waals surface area contributed by atoms with Gasteiger partial charge in [-0.2, -0.15) is 0 Å². The number of aromatic amines is 1. The van der Waals surface area contributed by atoms with Gasteiger partial charge >= 0.3 is 0 Å². The monoisotopic (exact) mass is 373 g/mol. The molecule has 142 valence electrons. The Kier molecular flexibility index (Phi) is 4.13. The lowest BCUT2D eigenvalue weighted by Crippen LogP contribution is -2.28. The Morgan fingerprint density at radius 1 is 1.04 bits per heavy atom. The number of para-hydroxylation sites is 1. The van der Waals surface area contributed by atoms with E-state index in [-0.39, 0.29) is 5.56 Å². The zero-order valence-corrected chi connectivity index (χ0v) is 15.9. The lowest BCUT2D eigenvalue weighted by molar-refractivity contribution is 0.724. The van der Waals surface area contributed by atoms with Crippen molar-refractivity contribution in [2.75, 3.05) is 31.1 Å². The highest BCUT2D eigenvalue weighted by atomic mass is 16.1. The number of benzene rings is 2. The third-order valence-corrected chi connectivity index (χ3v) is 5.45. The van der Waals surface area contributed by atoms with Crippen molar-refractivity contribution in [2.45, 2.75) is 13.3 Å². The topological polar surface area (TPSA) is 66.0 Å². The van der Waals surface area contributed by atoms with Crippen molar-refractivity contribution >= 4 is 27.5 Å². The van der Waals surface area contributed by atoms with Gasteiger partial charge in [0, 0.05) is 31.2 Å². The van der Waals surface area contributed by atoms with Crippen LogP contribution < -0.4 is 15.8 Å². The fraction of sp³-hybridized carbons (Fsp3) is 0.273. The Labute approximate surface area is 162 Å². The Morgan fingerprint density at radius 3 is 2.75 bits per heavy atom. The number of rotatable bonds is 2. The van der Waals surface area contributed by atoms with Crippen molar-refractivity contribution in [3.63, 3.8) is 0 Å². The van der Waals surface area contributed by atoms with Crippen LogP contribution in [0.15, 0.2) is 53.5 Å². The van der Waals surface area contributed by atoms with Gasteiger partial charge in [0.15, 0.2) is 0 Å². The van der Waals surface area contributed by atoms with Crippen LogP contribution >= 0.6 is 0 Å². The second kappa shape index (κ2) is 6.80. The Balaban J connectivity index is 1.75. The fourth-order valence-corrected chi connectivity index (χ4v) is 4.08. The van der Waals surface area contributed by atoms with E-state index in [2.05, 4.69) is 34.4 Å². The number of hydrogen-bond acceptors (Lipinski definition) is 4. The highest BCUT2D eigenvalue weighted by molar-refractivity contribution is 6.07. The van der Waals surface area contributed by atoms with Gasteiger partial charge in [-0.3, -0.25) is 14.9 Å². The van der Waals surface area contributed by atoms with Crippen LogP contribution in [-0.2, 0) is 0 Å². The Hall–Kier alpha value is -3.12. The van der Waals surface area contributed by atoms with Gasteiger partial charge in [0.2, 0.25) is 0 Å². The number of nitrogens with zero attached hydrogens (tertiary/aromatic N) is 3. The molecule has 0 radical (unpaired) electrons. The van der Waals surface area contributed by atoms with Crippen LogP contribution in [0.4, 0.5) is 5.69 Å². The van der Waals surface area contributed by atoms with Crippen LogP contribution in [0.1, 0.15) is 12.0 Å². The van der Waals surface area contributed by atoms with E-state index in [1.807, 2.05) is 30.3 Å². The van der Waals surface area contributed by atoms with Gasteiger partial charge in [-0.25, -0.2) is 4.68 Å².